The molecule has 1 fully saturated rings. The first kappa shape index (κ1) is 20.2. The van der Waals surface area contributed by atoms with Crippen LogP contribution in [-0.4, -0.2) is 37.5 Å². The number of hydrogen-bond donors (Lipinski definition) is 0. The van der Waals surface area contributed by atoms with E-state index in [9.17, 15) is 4.79 Å². The molecule has 1 aliphatic rings. The molecular weight excluding hydrogens is 378 g/mol. The summed E-state index contributed by atoms with van der Waals surface area (Å²) in [6, 6.07) is 5.55. The Hall–Kier alpha value is -3.09. The van der Waals surface area contributed by atoms with E-state index in [-0.39, 0.29) is 17.9 Å². The van der Waals surface area contributed by atoms with E-state index < -0.39 is 0 Å². The zero-order valence-corrected chi connectivity index (χ0v) is 17.7. The first-order chi connectivity index (χ1) is 14.6. The van der Waals surface area contributed by atoms with E-state index in [1.54, 1.807) is 18.5 Å². The maximum atomic E-state index is 13.3. The molecule has 4 rings (SSSR count). The van der Waals surface area contributed by atoms with E-state index in [1.165, 1.54) is 0 Å². The normalized spacial score (nSPS) is 16.4. The minimum atomic E-state index is -0.131. The summed E-state index contributed by atoms with van der Waals surface area (Å²) in [6.07, 6.45) is 8.97. The third kappa shape index (κ3) is 3.97. The van der Waals surface area contributed by atoms with Gasteiger partial charge >= 0.3 is 0 Å². The molecule has 4 heterocycles. The van der Waals surface area contributed by atoms with Gasteiger partial charge in [0.25, 0.3) is 5.91 Å². The molecular formula is C23H27N5O2. The third-order valence-electron chi connectivity index (χ3n) is 5.49. The Bertz CT molecular complexity index is 1020. The van der Waals surface area contributed by atoms with Gasteiger partial charge in [-0.3, -0.25) is 9.78 Å². The van der Waals surface area contributed by atoms with Gasteiger partial charge in [0.1, 0.15) is 5.82 Å². The standard InChI is InChI=1S/C23H27N5O2/c1-4-6-21-25-14-17(16-8-10-24-11-9-16)22(26-21)19-7-5-12-28(19)23(29)20-13-18(15(2)3)27-30-20/h8-11,13-15,19H,4-7,12H2,1-3H3. The molecule has 0 spiro atoms. The van der Waals surface area contributed by atoms with Gasteiger partial charge in [0.2, 0.25) is 5.76 Å². The number of aromatic nitrogens is 4. The van der Waals surface area contributed by atoms with Crippen molar-refractivity contribution in [3.63, 3.8) is 0 Å². The van der Waals surface area contributed by atoms with E-state index in [1.807, 2.05) is 37.1 Å². The van der Waals surface area contributed by atoms with Gasteiger partial charge in [0.15, 0.2) is 0 Å². The van der Waals surface area contributed by atoms with E-state index in [2.05, 4.69) is 22.0 Å². The molecule has 1 amide bonds. The Morgan fingerprint density at radius 1 is 1.30 bits per heavy atom. The van der Waals surface area contributed by atoms with Crippen LogP contribution in [0.15, 0.2) is 41.3 Å². The lowest BCUT2D eigenvalue weighted by molar-refractivity contribution is 0.0690. The summed E-state index contributed by atoms with van der Waals surface area (Å²) >= 11 is 0. The smallest absolute Gasteiger partial charge is 0.293 e. The molecule has 1 atom stereocenters. The number of carbonyl (C=O) groups is 1. The second kappa shape index (κ2) is 8.73. The van der Waals surface area contributed by atoms with Crippen LogP contribution in [0.2, 0.25) is 0 Å². The van der Waals surface area contributed by atoms with Crippen molar-refractivity contribution in [1.82, 2.24) is 25.0 Å². The maximum absolute atomic E-state index is 13.3. The summed E-state index contributed by atoms with van der Waals surface area (Å²) in [5.74, 6) is 1.18. The number of carbonyl (C=O) groups excluding carboxylic acids is 1. The topological polar surface area (TPSA) is 85.0 Å². The van der Waals surface area contributed by atoms with E-state index in [0.717, 1.165) is 54.0 Å². The number of rotatable bonds is 6. The van der Waals surface area contributed by atoms with Gasteiger partial charge in [-0.15, -0.1) is 0 Å². The molecule has 7 nitrogen and oxygen atoms in total. The number of pyridine rings is 1. The molecule has 156 valence electrons. The summed E-state index contributed by atoms with van der Waals surface area (Å²) in [5, 5.41) is 4.05. The van der Waals surface area contributed by atoms with Crippen LogP contribution < -0.4 is 0 Å². The Kier molecular flexibility index (Phi) is 5.88. The van der Waals surface area contributed by atoms with Crippen molar-refractivity contribution in [2.45, 2.75) is 58.4 Å². The largest absolute Gasteiger partial charge is 0.351 e. The van der Waals surface area contributed by atoms with Crippen molar-refractivity contribution in [2.24, 2.45) is 0 Å². The van der Waals surface area contributed by atoms with E-state index in [0.29, 0.717) is 12.3 Å². The minimum Gasteiger partial charge on any atom is -0.351 e. The molecule has 3 aromatic heterocycles. The number of aryl methyl sites for hydroxylation is 1. The van der Waals surface area contributed by atoms with Crippen LogP contribution in [0.3, 0.4) is 0 Å². The summed E-state index contributed by atoms with van der Waals surface area (Å²) in [5.41, 5.74) is 3.64. The Balaban J connectivity index is 1.72. The Morgan fingerprint density at radius 3 is 2.80 bits per heavy atom. The fourth-order valence-corrected chi connectivity index (χ4v) is 3.88. The summed E-state index contributed by atoms with van der Waals surface area (Å²) in [4.78, 5) is 28.7. The molecule has 30 heavy (non-hydrogen) atoms. The quantitative estimate of drug-likeness (QED) is 0.597. The predicted octanol–water partition coefficient (Wildman–Crippen LogP) is 4.58. The molecule has 0 bridgehead atoms. The van der Waals surface area contributed by atoms with Crippen molar-refractivity contribution in [3.8, 4) is 11.1 Å². The lowest BCUT2D eigenvalue weighted by atomic mass is 10.00. The molecule has 0 aromatic carbocycles. The van der Waals surface area contributed by atoms with Gasteiger partial charge < -0.3 is 9.42 Å². The van der Waals surface area contributed by atoms with Crippen molar-refractivity contribution < 1.29 is 9.32 Å². The predicted molar refractivity (Wildman–Crippen MR) is 113 cm³/mol. The molecule has 1 saturated heterocycles. The number of hydrogen-bond acceptors (Lipinski definition) is 6. The van der Waals surface area contributed by atoms with Crippen LogP contribution in [0.25, 0.3) is 11.1 Å². The van der Waals surface area contributed by atoms with Crippen LogP contribution in [0.5, 0.6) is 0 Å². The molecule has 0 radical (unpaired) electrons. The highest BCUT2D eigenvalue weighted by Gasteiger charge is 2.35. The van der Waals surface area contributed by atoms with Crippen LogP contribution >= 0.6 is 0 Å². The lowest BCUT2D eigenvalue weighted by Gasteiger charge is -2.25. The van der Waals surface area contributed by atoms with Crippen molar-refractivity contribution in [2.75, 3.05) is 6.54 Å². The summed E-state index contributed by atoms with van der Waals surface area (Å²) in [6.45, 7) is 6.84. The fourth-order valence-electron chi connectivity index (χ4n) is 3.88. The van der Waals surface area contributed by atoms with Crippen LogP contribution in [0.1, 0.15) is 79.8 Å². The van der Waals surface area contributed by atoms with Crippen molar-refractivity contribution in [3.05, 3.63) is 59.8 Å². The SMILES string of the molecule is CCCc1ncc(-c2ccncc2)c(C2CCCN2C(=O)c2cc(C(C)C)no2)n1. The molecule has 0 saturated carbocycles. The highest BCUT2D eigenvalue weighted by Crippen LogP contribution is 2.37. The second-order valence-electron chi connectivity index (χ2n) is 8.00. The van der Waals surface area contributed by atoms with Crippen LogP contribution in [-0.2, 0) is 6.42 Å². The maximum Gasteiger partial charge on any atom is 0.293 e. The van der Waals surface area contributed by atoms with Crippen LogP contribution in [0.4, 0.5) is 0 Å². The highest BCUT2D eigenvalue weighted by atomic mass is 16.5. The average Bonchev–Trinajstić information content (AvgIpc) is 3.44. The van der Waals surface area contributed by atoms with E-state index in [4.69, 9.17) is 9.51 Å². The second-order valence-corrected chi connectivity index (χ2v) is 8.00. The van der Waals surface area contributed by atoms with E-state index >= 15 is 0 Å². The average molecular weight is 406 g/mol. The molecule has 1 aliphatic heterocycles. The van der Waals surface area contributed by atoms with Gasteiger partial charge in [-0.25, -0.2) is 9.97 Å². The lowest BCUT2D eigenvalue weighted by Crippen LogP contribution is -2.31. The molecule has 0 N–H and O–H groups in total. The first-order valence-electron chi connectivity index (χ1n) is 10.6. The molecule has 1 unspecified atom stereocenters. The van der Waals surface area contributed by atoms with Gasteiger partial charge in [-0.1, -0.05) is 25.9 Å². The minimum absolute atomic E-state index is 0.119. The molecule has 7 heteroatoms. The highest BCUT2D eigenvalue weighted by molar-refractivity contribution is 5.92. The van der Waals surface area contributed by atoms with Gasteiger partial charge in [0.05, 0.1) is 17.4 Å². The number of amides is 1. The van der Waals surface area contributed by atoms with Gasteiger partial charge in [0, 0.05) is 43.2 Å². The summed E-state index contributed by atoms with van der Waals surface area (Å²) < 4.78 is 5.38. The number of nitrogens with zero attached hydrogens (tertiary/aromatic N) is 5. The zero-order chi connectivity index (χ0) is 21.1. The van der Waals surface area contributed by atoms with Gasteiger partial charge in [-0.2, -0.15) is 0 Å². The number of likely N-dealkylation sites (tertiary alicyclic amines) is 1. The molecule has 3 aromatic rings. The Morgan fingerprint density at radius 2 is 2.10 bits per heavy atom. The van der Waals surface area contributed by atoms with Gasteiger partial charge in [-0.05, 0) is 42.9 Å². The molecule has 0 aliphatic carbocycles. The third-order valence-corrected chi connectivity index (χ3v) is 5.49. The summed E-state index contributed by atoms with van der Waals surface area (Å²) in [7, 11) is 0. The van der Waals surface area contributed by atoms with Crippen molar-refractivity contribution in [1.29, 1.82) is 0 Å². The fraction of sp³-hybridized carbons (Fsp3) is 0.435. The van der Waals surface area contributed by atoms with Crippen LogP contribution in [0, 0.1) is 0 Å². The Labute approximate surface area is 176 Å². The first-order valence-corrected chi connectivity index (χ1v) is 10.6. The van der Waals surface area contributed by atoms with Crippen molar-refractivity contribution >= 4 is 5.91 Å². The zero-order valence-electron chi connectivity index (χ0n) is 17.7. The monoisotopic (exact) mass is 405 g/mol.